The molecule has 1 aliphatic heterocycles. The van der Waals surface area contributed by atoms with Crippen molar-refractivity contribution in [1.82, 2.24) is 10.2 Å². The molecule has 0 bridgehead atoms. The van der Waals surface area contributed by atoms with E-state index >= 15 is 0 Å². The molecule has 1 aromatic rings. The summed E-state index contributed by atoms with van der Waals surface area (Å²) in [6.45, 7) is 4.77. The number of nitrogens with one attached hydrogen (secondary N) is 1. The first-order valence-electron chi connectivity index (χ1n) is 6.87. The molecule has 3 amide bonds. The topological polar surface area (TPSA) is 67.9 Å². The molecule has 1 aromatic carbocycles. The summed E-state index contributed by atoms with van der Waals surface area (Å²) in [7, 11) is 1.43. The fraction of sp³-hybridized carbons (Fsp3) is 0.333. The monoisotopic (exact) mass is 368 g/mol. The highest BCUT2D eigenvalue weighted by atomic mass is 79.9. The second kappa shape index (κ2) is 6.83. The second-order valence-electron chi connectivity index (χ2n) is 4.54. The minimum Gasteiger partial charge on any atom is -0.493 e. The van der Waals surface area contributed by atoms with Gasteiger partial charge < -0.3 is 14.8 Å². The molecule has 6 nitrogen and oxygen atoms in total. The van der Waals surface area contributed by atoms with Crippen molar-refractivity contribution in [2.45, 2.75) is 13.8 Å². The Hall–Kier alpha value is -2.02. The molecule has 0 saturated carbocycles. The molecule has 1 N–H and O–H groups in total. The van der Waals surface area contributed by atoms with Crippen LogP contribution in [0.5, 0.6) is 11.5 Å². The van der Waals surface area contributed by atoms with Crippen LogP contribution in [-0.2, 0) is 4.79 Å². The molecule has 0 aromatic heterocycles. The molecule has 0 spiro atoms. The first kappa shape index (κ1) is 16.4. The van der Waals surface area contributed by atoms with Crippen LogP contribution in [0.2, 0.25) is 0 Å². The standard InChI is InChI=1S/C15H17BrN2O4/c1-4-21-12-8-13(22-5-2)10(16)6-9(12)7-11-14(19)18(3)15(20)17-11/h6-8H,4-5H2,1-3H3,(H,17,20)/b11-7+. The van der Waals surface area contributed by atoms with E-state index in [2.05, 4.69) is 21.2 Å². The summed E-state index contributed by atoms with van der Waals surface area (Å²) in [6, 6.07) is 3.11. The van der Waals surface area contributed by atoms with E-state index in [-0.39, 0.29) is 11.6 Å². The van der Waals surface area contributed by atoms with Gasteiger partial charge in [0.15, 0.2) is 0 Å². The maximum Gasteiger partial charge on any atom is 0.328 e. The van der Waals surface area contributed by atoms with Crippen LogP contribution < -0.4 is 14.8 Å². The van der Waals surface area contributed by atoms with Gasteiger partial charge in [-0.05, 0) is 41.9 Å². The number of likely N-dealkylation sites (N-methyl/N-ethyl adjacent to an activating group) is 1. The smallest absolute Gasteiger partial charge is 0.328 e. The van der Waals surface area contributed by atoms with Crippen LogP contribution in [0, 0.1) is 0 Å². The first-order chi connectivity index (χ1) is 10.5. The van der Waals surface area contributed by atoms with Crippen molar-refractivity contribution in [3.05, 3.63) is 27.9 Å². The van der Waals surface area contributed by atoms with Gasteiger partial charge in [0, 0.05) is 18.7 Å². The fourth-order valence-electron chi connectivity index (χ4n) is 1.99. The van der Waals surface area contributed by atoms with Gasteiger partial charge in [-0.3, -0.25) is 9.69 Å². The fourth-order valence-corrected chi connectivity index (χ4v) is 2.46. The lowest BCUT2D eigenvalue weighted by Gasteiger charge is -2.12. The van der Waals surface area contributed by atoms with Crippen LogP contribution in [-0.4, -0.2) is 37.1 Å². The summed E-state index contributed by atoms with van der Waals surface area (Å²) < 4.78 is 11.9. The second-order valence-corrected chi connectivity index (χ2v) is 5.39. The summed E-state index contributed by atoms with van der Waals surface area (Å²) in [4.78, 5) is 24.5. The third-order valence-corrected chi connectivity index (χ3v) is 3.66. The summed E-state index contributed by atoms with van der Waals surface area (Å²) in [5.74, 6) is 0.864. The Labute approximate surface area is 137 Å². The minimum atomic E-state index is -0.445. The van der Waals surface area contributed by atoms with Crippen molar-refractivity contribution < 1.29 is 19.1 Å². The van der Waals surface area contributed by atoms with Crippen molar-refractivity contribution in [2.75, 3.05) is 20.3 Å². The van der Waals surface area contributed by atoms with Crippen molar-refractivity contribution >= 4 is 33.9 Å². The predicted molar refractivity (Wildman–Crippen MR) is 85.8 cm³/mol. The molecule has 1 saturated heterocycles. The number of carbonyl (C=O) groups excluding carboxylic acids is 2. The number of nitrogens with zero attached hydrogens (tertiary/aromatic N) is 1. The molecule has 1 heterocycles. The molecule has 7 heteroatoms. The van der Waals surface area contributed by atoms with Gasteiger partial charge in [-0.15, -0.1) is 0 Å². The van der Waals surface area contributed by atoms with Crippen molar-refractivity contribution in [2.24, 2.45) is 0 Å². The van der Waals surface area contributed by atoms with E-state index in [0.29, 0.717) is 30.3 Å². The average Bonchev–Trinajstić information content (AvgIpc) is 2.71. The van der Waals surface area contributed by atoms with E-state index in [1.54, 1.807) is 18.2 Å². The zero-order chi connectivity index (χ0) is 16.3. The third-order valence-electron chi connectivity index (χ3n) is 3.05. The van der Waals surface area contributed by atoms with Gasteiger partial charge >= 0.3 is 6.03 Å². The molecule has 118 valence electrons. The lowest BCUT2D eigenvalue weighted by atomic mass is 10.1. The van der Waals surface area contributed by atoms with E-state index in [1.165, 1.54) is 7.05 Å². The molecule has 1 aliphatic rings. The Morgan fingerprint density at radius 3 is 2.36 bits per heavy atom. The van der Waals surface area contributed by atoms with Gasteiger partial charge in [0.05, 0.1) is 17.7 Å². The lowest BCUT2D eigenvalue weighted by molar-refractivity contribution is -0.121. The Morgan fingerprint density at radius 1 is 1.18 bits per heavy atom. The number of hydrogen-bond acceptors (Lipinski definition) is 4. The zero-order valence-corrected chi connectivity index (χ0v) is 14.2. The molecule has 2 rings (SSSR count). The van der Waals surface area contributed by atoms with E-state index in [0.717, 1.165) is 9.37 Å². The van der Waals surface area contributed by atoms with Crippen LogP contribution in [0.15, 0.2) is 22.3 Å². The van der Waals surface area contributed by atoms with Crippen LogP contribution in [0.3, 0.4) is 0 Å². The largest absolute Gasteiger partial charge is 0.493 e. The van der Waals surface area contributed by atoms with Crippen molar-refractivity contribution in [3.63, 3.8) is 0 Å². The van der Waals surface area contributed by atoms with Gasteiger partial charge in [0.2, 0.25) is 0 Å². The quantitative estimate of drug-likeness (QED) is 0.640. The number of urea groups is 1. The normalized spacial score (nSPS) is 16.2. The van der Waals surface area contributed by atoms with Crippen LogP contribution in [0.1, 0.15) is 19.4 Å². The van der Waals surface area contributed by atoms with Gasteiger partial charge in [-0.2, -0.15) is 0 Å². The van der Waals surface area contributed by atoms with Crippen molar-refractivity contribution in [3.8, 4) is 11.5 Å². The van der Waals surface area contributed by atoms with Crippen LogP contribution >= 0.6 is 15.9 Å². The third kappa shape index (κ3) is 3.24. The number of imide groups is 1. The molecule has 0 atom stereocenters. The molecule has 0 aliphatic carbocycles. The molecule has 0 unspecified atom stereocenters. The van der Waals surface area contributed by atoms with Gasteiger partial charge in [-0.1, -0.05) is 0 Å². The molecule has 1 fully saturated rings. The average molecular weight is 369 g/mol. The molecular weight excluding hydrogens is 352 g/mol. The number of amides is 3. The Balaban J connectivity index is 2.44. The van der Waals surface area contributed by atoms with Gasteiger partial charge in [-0.25, -0.2) is 4.79 Å². The van der Waals surface area contributed by atoms with E-state index in [4.69, 9.17) is 9.47 Å². The number of ether oxygens (including phenoxy) is 2. The zero-order valence-electron chi connectivity index (χ0n) is 12.6. The molecule has 0 radical (unpaired) electrons. The summed E-state index contributed by atoms with van der Waals surface area (Å²) in [5, 5.41) is 2.53. The minimum absolute atomic E-state index is 0.213. The van der Waals surface area contributed by atoms with Gasteiger partial charge in [0.25, 0.3) is 5.91 Å². The number of benzene rings is 1. The lowest BCUT2D eigenvalue weighted by Crippen LogP contribution is -2.25. The predicted octanol–water partition coefficient (Wildman–Crippen LogP) is 2.77. The number of hydrogen-bond donors (Lipinski definition) is 1. The van der Waals surface area contributed by atoms with Crippen LogP contribution in [0.25, 0.3) is 6.08 Å². The Bertz CT molecular complexity index is 643. The highest BCUT2D eigenvalue weighted by molar-refractivity contribution is 9.10. The summed E-state index contributed by atoms with van der Waals surface area (Å²) >= 11 is 3.43. The van der Waals surface area contributed by atoms with Crippen LogP contribution in [0.4, 0.5) is 4.79 Å². The summed E-state index contributed by atoms with van der Waals surface area (Å²) in [5.41, 5.74) is 0.889. The van der Waals surface area contributed by atoms with E-state index < -0.39 is 6.03 Å². The first-order valence-corrected chi connectivity index (χ1v) is 7.67. The maximum absolute atomic E-state index is 11.9. The summed E-state index contributed by atoms with van der Waals surface area (Å²) in [6.07, 6.45) is 1.59. The van der Waals surface area contributed by atoms with E-state index in [9.17, 15) is 9.59 Å². The number of halogens is 1. The number of carbonyl (C=O) groups is 2. The SMILES string of the molecule is CCOc1cc(OCC)c(/C=C2/NC(=O)N(C)C2=O)cc1Br. The highest BCUT2D eigenvalue weighted by Crippen LogP contribution is 2.34. The molecule has 22 heavy (non-hydrogen) atoms. The highest BCUT2D eigenvalue weighted by Gasteiger charge is 2.30. The van der Waals surface area contributed by atoms with Gasteiger partial charge in [0.1, 0.15) is 17.2 Å². The number of rotatable bonds is 5. The molecular formula is C15H17BrN2O4. The Morgan fingerprint density at radius 2 is 1.82 bits per heavy atom. The van der Waals surface area contributed by atoms with E-state index in [1.807, 2.05) is 13.8 Å². The van der Waals surface area contributed by atoms with Crippen molar-refractivity contribution in [1.29, 1.82) is 0 Å². The Kier molecular flexibility index (Phi) is 5.07. The maximum atomic E-state index is 11.9.